The zero-order chi connectivity index (χ0) is 19.1. The number of aromatic nitrogens is 2. The SMILES string of the molecule is C=CCNCC(=O)N1CCCN(c2ccc(-c3ccccc3Cl)nn2)CC1. The van der Waals surface area contributed by atoms with E-state index in [1.54, 1.807) is 6.08 Å². The van der Waals surface area contributed by atoms with Gasteiger partial charge < -0.3 is 15.1 Å². The average Bonchev–Trinajstić information content (AvgIpc) is 2.95. The second-order valence-corrected chi connectivity index (χ2v) is 6.80. The van der Waals surface area contributed by atoms with E-state index in [9.17, 15) is 4.79 Å². The zero-order valence-corrected chi connectivity index (χ0v) is 16.0. The van der Waals surface area contributed by atoms with Gasteiger partial charge in [0.15, 0.2) is 5.82 Å². The quantitative estimate of drug-likeness (QED) is 0.611. The monoisotopic (exact) mass is 385 g/mol. The molecule has 0 unspecified atom stereocenters. The van der Waals surface area contributed by atoms with Crippen LogP contribution >= 0.6 is 11.6 Å². The molecule has 142 valence electrons. The van der Waals surface area contributed by atoms with E-state index in [0.717, 1.165) is 43.1 Å². The van der Waals surface area contributed by atoms with E-state index in [0.29, 0.717) is 24.7 Å². The Morgan fingerprint density at radius 3 is 2.74 bits per heavy atom. The van der Waals surface area contributed by atoms with Gasteiger partial charge in [0.25, 0.3) is 0 Å². The molecule has 0 bridgehead atoms. The lowest BCUT2D eigenvalue weighted by molar-refractivity contribution is -0.129. The van der Waals surface area contributed by atoms with Gasteiger partial charge in [-0.05, 0) is 24.6 Å². The molecule has 0 spiro atoms. The molecule has 1 aliphatic rings. The second kappa shape index (κ2) is 9.48. The molecule has 6 nitrogen and oxygen atoms in total. The molecule has 27 heavy (non-hydrogen) atoms. The summed E-state index contributed by atoms with van der Waals surface area (Å²) in [5.74, 6) is 0.948. The molecule has 1 N–H and O–H groups in total. The van der Waals surface area contributed by atoms with Crippen molar-refractivity contribution in [1.29, 1.82) is 0 Å². The van der Waals surface area contributed by atoms with E-state index in [4.69, 9.17) is 11.6 Å². The molecule has 0 radical (unpaired) electrons. The summed E-state index contributed by atoms with van der Waals surface area (Å²) < 4.78 is 0. The van der Waals surface area contributed by atoms with Crippen molar-refractivity contribution in [3.63, 3.8) is 0 Å². The molecule has 1 aromatic carbocycles. The van der Waals surface area contributed by atoms with Crippen molar-refractivity contribution in [3.8, 4) is 11.3 Å². The van der Waals surface area contributed by atoms with Crippen molar-refractivity contribution in [1.82, 2.24) is 20.4 Å². The van der Waals surface area contributed by atoms with Crippen LogP contribution in [0.2, 0.25) is 5.02 Å². The van der Waals surface area contributed by atoms with E-state index < -0.39 is 0 Å². The van der Waals surface area contributed by atoms with Crippen LogP contribution in [0.4, 0.5) is 5.82 Å². The Hall–Kier alpha value is -2.44. The number of carbonyl (C=O) groups excluding carboxylic acids is 1. The summed E-state index contributed by atoms with van der Waals surface area (Å²) >= 11 is 6.23. The zero-order valence-electron chi connectivity index (χ0n) is 15.3. The maximum Gasteiger partial charge on any atom is 0.236 e. The summed E-state index contributed by atoms with van der Waals surface area (Å²) in [5, 5.41) is 12.5. The summed E-state index contributed by atoms with van der Waals surface area (Å²) in [7, 11) is 0. The largest absolute Gasteiger partial charge is 0.353 e. The van der Waals surface area contributed by atoms with Crippen LogP contribution in [0, 0.1) is 0 Å². The first-order valence-corrected chi connectivity index (χ1v) is 9.50. The summed E-state index contributed by atoms with van der Waals surface area (Å²) in [6.45, 7) is 7.67. The molecule has 1 aliphatic heterocycles. The number of benzene rings is 1. The minimum Gasteiger partial charge on any atom is -0.353 e. The van der Waals surface area contributed by atoms with Crippen LogP contribution in [0.15, 0.2) is 49.1 Å². The highest BCUT2D eigenvalue weighted by Gasteiger charge is 2.20. The average molecular weight is 386 g/mol. The first kappa shape index (κ1) is 19.3. The van der Waals surface area contributed by atoms with Crippen LogP contribution in [0.3, 0.4) is 0 Å². The third-order valence-electron chi connectivity index (χ3n) is 4.54. The van der Waals surface area contributed by atoms with Gasteiger partial charge in [-0.25, -0.2) is 0 Å². The first-order chi connectivity index (χ1) is 13.2. The predicted octanol–water partition coefficient (Wildman–Crippen LogP) is 2.61. The fourth-order valence-electron chi connectivity index (χ4n) is 3.10. The lowest BCUT2D eigenvalue weighted by atomic mass is 10.1. The Kier molecular flexibility index (Phi) is 6.79. The van der Waals surface area contributed by atoms with Gasteiger partial charge in [-0.1, -0.05) is 35.9 Å². The number of halogens is 1. The van der Waals surface area contributed by atoms with Crippen molar-refractivity contribution in [2.45, 2.75) is 6.42 Å². The molecule has 0 saturated carbocycles. The van der Waals surface area contributed by atoms with Crippen LogP contribution in [0.1, 0.15) is 6.42 Å². The van der Waals surface area contributed by atoms with Crippen molar-refractivity contribution < 1.29 is 4.79 Å². The van der Waals surface area contributed by atoms with Crippen molar-refractivity contribution in [2.24, 2.45) is 0 Å². The Labute approximate surface area is 164 Å². The number of carbonyl (C=O) groups is 1. The maximum atomic E-state index is 12.3. The standard InChI is InChI=1S/C20H24ClN5O/c1-2-10-22-15-20(27)26-12-5-11-25(13-14-26)19-9-8-18(23-24-19)16-6-3-4-7-17(16)21/h2-4,6-9,22H,1,5,10-15H2. The number of nitrogens with zero attached hydrogens (tertiary/aromatic N) is 4. The lowest BCUT2D eigenvalue weighted by Gasteiger charge is -2.22. The van der Waals surface area contributed by atoms with E-state index >= 15 is 0 Å². The summed E-state index contributed by atoms with van der Waals surface area (Å²) in [6, 6.07) is 11.5. The molecule has 3 rings (SSSR count). The fraction of sp³-hybridized carbons (Fsp3) is 0.350. The summed E-state index contributed by atoms with van der Waals surface area (Å²) in [4.78, 5) is 16.4. The normalized spacial score (nSPS) is 14.7. The molecule has 2 aromatic rings. The van der Waals surface area contributed by atoms with Crippen LogP contribution in [-0.4, -0.2) is 60.3 Å². The van der Waals surface area contributed by atoms with Gasteiger partial charge in [0.1, 0.15) is 0 Å². The molecule has 2 heterocycles. The van der Waals surface area contributed by atoms with Gasteiger partial charge in [0.2, 0.25) is 5.91 Å². The maximum absolute atomic E-state index is 12.3. The lowest BCUT2D eigenvalue weighted by Crippen LogP contribution is -2.40. The first-order valence-electron chi connectivity index (χ1n) is 9.12. The molecule has 1 fully saturated rings. The molecular weight excluding hydrogens is 362 g/mol. The van der Waals surface area contributed by atoms with Crippen molar-refractivity contribution in [2.75, 3.05) is 44.2 Å². The molecule has 0 atom stereocenters. The van der Waals surface area contributed by atoms with E-state index in [1.165, 1.54) is 0 Å². The van der Waals surface area contributed by atoms with Crippen LogP contribution in [-0.2, 0) is 4.79 Å². The van der Waals surface area contributed by atoms with Gasteiger partial charge in [0.05, 0.1) is 17.3 Å². The van der Waals surface area contributed by atoms with E-state index in [2.05, 4.69) is 27.0 Å². The van der Waals surface area contributed by atoms with Crippen molar-refractivity contribution in [3.05, 3.63) is 54.1 Å². The van der Waals surface area contributed by atoms with Crippen LogP contribution in [0.5, 0.6) is 0 Å². The van der Waals surface area contributed by atoms with E-state index in [-0.39, 0.29) is 5.91 Å². The van der Waals surface area contributed by atoms with Crippen molar-refractivity contribution >= 4 is 23.3 Å². The summed E-state index contributed by atoms with van der Waals surface area (Å²) in [5.41, 5.74) is 1.63. The second-order valence-electron chi connectivity index (χ2n) is 6.40. The Bertz CT molecular complexity index is 780. The molecule has 1 saturated heterocycles. The molecule has 1 aromatic heterocycles. The fourth-order valence-corrected chi connectivity index (χ4v) is 3.33. The third-order valence-corrected chi connectivity index (χ3v) is 4.87. The van der Waals surface area contributed by atoms with Gasteiger partial charge in [-0.2, -0.15) is 0 Å². The molecule has 7 heteroatoms. The minimum atomic E-state index is 0.124. The predicted molar refractivity (Wildman–Crippen MR) is 109 cm³/mol. The Morgan fingerprint density at radius 1 is 1.15 bits per heavy atom. The van der Waals surface area contributed by atoms with Gasteiger partial charge in [0, 0.05) is 38.3 Å². The molecule has 1 amide bonds. The number of rotatable bonds is 6. The Balaban J connectivity index is 1.61. The van der Waals surface area contributed by atoms with Gasteiger partial charge in [-0.3, -0.25) is 4.79 Å². The third kappa shape index (κ3) is 5.05. The number of anilines is 1. The Morgan fingerprint density at radius 2 is 2.00 bits per heavy atom. The molecule has 0 aliphatic carbocycles. The van der Waals surface area contributed by atoms with Crippen LogP contribution < -0.4 is 10.2 Å². The number of hydrogen-bond acceptors (Lipinski definition) is 5. The molecular formula is C20H24ClN5O. The van der Waals surface area contributed by atoms with Crippen LogP contribution in [0.25, 0.3) is 11.3 Å². The number of nitrogens with one attached hydrogen (secondary N) is 1. The highest BCUT2D eigenvalue weighted by molar-refractivity contribution is 6.33. The number of hydrogen-bond donors (Lipinski definition) is 1. The van der Waals surface area contributed by atoms with Gasteiger partial charge in [-0.15, -0.1) is 16.8 Å². The van der Waals surface area contributed by atoms with E-state index in [1.807, 2.05) is 41.3 Å². The summed E-state index contributed by atoms with van der Waals surface area (Å²) in [6.07, 6.45) is 2.66. The highest BCUT2D eigenvalue weighted by Crippen LogP contribution is 2.26. The van der Waals surface area contributed by atoms with Gasteiger partial charge >= 0.3 is 0 Å². The number of amides is 1. The highest BCUT2D eigenvalue weighted by atomic mass is 35.5. The minimum absolute atomic E-state index is 0.124. The topological polar surface area (TPSA) is 61.4 Å². The smallest absolute Gasteiger partial charge is 0.236 e.